The fraction of sp³-hybridized carbons (Fsp3) is 0.400. The molecule has 0 aromatic carbocycles. The molecule has 0 spiro atoms. The standard InChI is InChI=1S/C10H11NO2S/c1-7-5-14-6-9(7)10(13)11-3-2-8(12)4-11/h5-6H,2-4H2,1H3. The van der Waals surface area contributed by atoms with E-state index in [1.165, 1.54) is 11.3 Å². The number of hydrogen-bond donors (Lipinski definition) is 0. The summed E-state index contributed by atoms with van der Waals surface area (Å²) >= 11 is 1.52. The molecule has 0 aliphatic carbocycles. The van der Waals surface area contributed by atoms with Crippen LogP contribution in [0.25, 0.3) is 0 Å². The first-order valence-electron chi connectivity index (χ1n) is 4.52. The maximum Gasteiger partial charge on any atom is 0.255 e. The van der Waals surface area contributed by atoms with Crippen molar-refractivity contribution < 1.29 is 9.59 Å². The fourth-order valence-electron chi connectivity index (χ4n) is 1.55. The van der Waals surface area contributed by atoms with Crippen molar-refractivity contribution in [3.63, 3.8) is 0 Å². The number of thiophene rings is 1. The van der Waals surface area contributed by atoms with Crippen LogP contribution in [-0.4, -0.2) is 29.7 Å². The Morgan fingerprint density at radius 1 is 1.50 bits per heavy atom. The fourth-order valence-corrected chi connectivity index (χ4v) is 2.38. The van der Waals surface area contributed by atoms with Gasteiger partial charge in [0.15, 0.2) is 5.78 Å². The third-order valence-corrected chi connectivity index (χ3v) is 3.26. The molecule has 0 N–H and O–H groups in total. The summed E-state index contributed by atoms with van der Waals surface area (Å²) < 4.78 is 0. The first-order chi connectivity index (χ1) is 6.68. The normalized spacial score (nSPS) is 16.4. The van der Waals surface area contributed by atoms with Crippen LogP contribution in [0, 0.1) is 6.92 Å². The van der Waals surface area contributed by atoms with Gasteiger partial charge in [0, 0.05) is 18.3 Å². The highest BCUT2D eigenvalue weighted by Crippen LogP contribution is 2.17. The molecule has 1 fully saturated rings. The summed E-state index contributed by atoms with van der Waals surface area (Å²) in [6.45, 7) is 2.78. The summed E-state index contributed by atoms with van der Waals surface area (Å²) in [5.74, 6) is 0.154. The molecule has 0 bridgehead atoms. The highest BCUT2D eigenvalue weighted by molar-refractivity contribution is 7.08. The predicted octanol–water partition coefficient (Wildman–Crippen LogP) is 1.47. The SMILES string of the molecule is Cc1cscc1C(=O)N1CCC(=O)C1. The zero-order valence-corrected chi connectivity index (χ0v) is 8.76. The molecule has 1 aliphatic heterocycles. The largest absolute Gasteiger partial charge is 0.331 e. The molecule has 1 saturated heterocycles. The van der Waals surface area contributed by atoms with E-state index in [9.17, 15) is 9.59 Å². The van der Waals surface area contributed by atoms with Crippen molar-refractivity contribution in [3.05, 3.63) is 21.9 Å². The molecule has 74 valence electrons. The van der Waals surface area contributed by atoms with Gasteiger partial charge in [0.2, 0.25) is 0 Å². The molecular formula is C10H11NO2S. The first-order valence-corrected chi connectivity index (χ1v) is 5.46. The number of nitrogens with zero attached hydrogens (tertiary/aromatic N) is 1. The van der Waals surface area contributed by atoms with E-state index in [1.54, 1.807) is 4.90 Å². The lowest BCUT2D eigenvalue weighted by atomic mass is 10.2. The Morgan fingerprint density at radius 3 is 2.79 bits per heavy atom. The predicted molar refractivity (Wildman–Crippen MR) is 54.6 cm³/mol. The van der Waals surface area contributed by atoms with Gasteiger partial charge in [-0.3, -0.25) is 9.59 Å². The van der Waals surface area contributed by atoms with Gasteiger partial charge in [-0.05, 0) is 17.9 Å². The molecule has 0 atom stereocenters. The van der Waals surface area contributed by atoms with Crippen LogP contribution < -0.4 is 0 Å². The summed E-state index contributed by atoms with van der Waals surface area (Å²) in [4.78, 5) is 24.5. The second-order valence-electron chi connectivity index (χ2n) is 3.48. The number of ketones is 1. The minimum absolute atomic E-state index is 0.00500. The van der Waals surface area contributed by atoms with Gasteiger partial charge < -0.3 is 4.90 Å². The van der Waals surface area contributed by atoms with E-state index in [4.69, 9.17) is 0 Å². The molecule has 1 aliphatic rings. The van der Waals surface area contributed by atoms with E-state index >= 15 is 0 Å². The highest BCUT2D eigenvalue weighted by Gasteiger charge is 2.25. The van der Waals surface area contributed by atoms with Crippen LogP contribution in [0.15, 0.2) is 10.8 Å². The molecular weight excluding hydrogens is 198 g/mol. The number of Topliss-reactive ketones (excluding diaryl/α,β-unsaturated/α-hetero) is 1. The van der Waals surface area contributed by atoms with E-state index in [0.717, 1.165) is 11.1 Å². The molecule has 1 amide bonds. The Bertz CT molecular complexity index is 383. The molecule has 1 aromatic heterocycles. The maximum absolute atomic E-state index is 11.9. The lowest BCUT2D eigenvalue weighted by molar-refractivity contribution is -0.116. The van der Waals surface area contributed by atoms with Gasteiger partial charge in [0.25, 0.3) is 5.91 Å². The molecule has 2 heterocycles. The number of amides is 1. The van der Waals surface area contributed by atoms with Crippen LogP contribution >= 0.6 is 11.3 Å². The smallest absolute Gasteiger partial charge is 0.255 e. The van der Waals surface area contributed by atoms with Crippen molar-refractivity contribution in [1.29, 1.82) is 0 Å². The molecule has 3 nitrogen and oxygen atoms in total. The summed E-state index contributed by atoms with van der Waals surface area (Å²) in [6.07, 6.45) is 0.509. The van der Waals surface area contributed by atoms with E-state index in [0.29, 0.717) is 13.0 Å². The average Bonchev–Trinajstić information content (AvgIpc) is 2.73. The van der Waals surface area contributed by atoms with Crippen molar-refractivity contribution in [2.45, 2.75) is 13.3 Å². The van der Waals surface area contributed by atoms with Gasteiger partial charge >= 0.3 is 0 Å². The minimum atomic E-state index is -0.00500. The topological polar surface area (TPSA) is 37.4 Å². The zero-order valence-electron chi connectivity index (χ0n) is 7.95. The van der Waals surface area contributed by atoms with Crippen molar-refractivity contribution in [2.75, 3.05) is 13.1 Å². The van der Waals surface area contributed by atoms with E-state index in [-0.39, 0.29) is 18.2 Å². The van der Waals surface area contributed by atoms with Crippen LogP contribution in [0.4, 0.5) is 0 Å². The summed E-state index contributed by atoms with van der Waals surface area (Å²) in [5.41, 5.74) is 1.74. The monoisotopic (exact) mass is 209 g/mol. The molecule has 14 heavy (non-hydrogen) atoms. The van der Waals surface area contributed by atoms with Gasteiger partial charge in [-0.2, -0.15) is 11.3 Å². The number of carbonyl (C=O) groups excluding carboxylic acids is 2. The Morgan fingerprint density at radius 2 is 2.29 bits per heavy atom. The first kappa shape index (κ1) is 9.40. The second kappa shape index (κ2) is 3.53. The van der Waals surface area contributed by atoms with Gasteiger partial charge in [0.1, 0.15) is 0 Å². The van der Waals surface area contributed by atoms with E-state index < -0.39 is 0 Å². The van der Waals surface area contributed by atoms with Gasteiger partial charge in [-0.25, -0.2) is 0 Å². The number of carbonyl (C=O) groups is 2. The molecule has 1 aromatic rings. The Balaban J connectivity index is 2.17. The summed E-state index contributed by atoms with van der Waals surface area (Å²) in [5, 5.41) is 3.80. The van der Waals surface area contributed by atoms with Crippen LogP contribution in [0.2, 0.25) is 0 Å². The van der Waals surface area contributed by atoms with E-state index in [2.05, 4.69) is 0 Å². The third kappa shape index (κ3) is 1.57. The molecule has 0 radical (unpaired) electrons. The van der Waals surface area contributed by atoms with Crippen LogP contribution in [0.3, 0.4) is 0 Å². The average molecular weight is 209 g/mol. The van der Waals surface area contributed by atoms with Crippen molar-refractivity contribution in [3.8, 4) is 0 Å². The Kier molecular flexibility index (Phi) is 2.37. The van der Waals surface area contributed by atoms with E-state index in [1.807, 2.05) is 17.7 Å². The number of aryl methyl sites for hydroxylation is 1. The van der Waals surface area contributed by atoms with Crippen LogP contribution in [0.1, 0.15) is 22.3 Å². The second-order valence-corrected chi connectivity index (χ2v) is 4.23. The van der Waals surface area contributed by atoms with Crippen molar-refractivity contribution in [2.24, 2.45) is 0 Å². The van der Waals surface area contributed by atoms with Gasteiger partial charge in [0.05, 0.1) is 12.1 Å². The number of hydrogen-bond acceptors (Lipinski definition) is 3. The maximum atomic E-state index is 11.9. The van der Waals surface area contributed by atoms with Crippen LogP contribution in [0.5, 0.6) is 0 Å². The zero-order chi connectivity index (χ0) is 10.1. The molecule has 0 unspecified atom stereocenters. The molecule has 4 heteroatoms. The van der Waals surface area contributed by atoms with Crippen molar-refractivity contribution in [1.82, 2.24) is 4.90 Å². The van der Waals surface area contributed by atoms with Crippen LogP contribution in [-0.2, 0) is 4.79 Å². The lowest BCUT2D eigenvalue weighted by Gasteiger charge is -2.13. The van der Waals surface area contributed by atoms with Gasteiger partial charge in [-0.1, -0.05) is 0 Å². The van der Waals surface area contributed by atoms with Gasteiger partial charge in [-0.15, -0.1) is 0 Å². The van der Waals surface area contributed by atoms with Crippen molar-refractivity contribution >= 4 is 23.0 Å². The summed E-state index contributed by atoms with van der Waals surface area (Å²) in [6, 6.07) is 0. The molecule has 0 saturated carbocycles. The summed E-state index contributed by atoms with van der Waals surface area (Å²) in [7, 11) is 0. The number of likely N-dealkylation sites (tertiary alicyclic amines) is 1. The Hall–Kier alpha value is -1.16. The lowest BCUT2D eigenvalue weighted by Crippen LogP contribution is -2.28. The quantitative estimate of drug-likeness (QED) is 0.702. The minimum Gasteiger partial charge on any atom is -0.331 e. The molecule has 2 rings (SSSR count). The Labute approximate surface area is 86.3 Å². The number of rotatable bonds is 1. The third-order valence-electron chi connectivity index (χ3n) is 2.40. The highest BCUT2D eigenvalue weighted by atomic mass is 32.1.